The molecular formula is C24H24N2O3. The monoisotopic (exact) mass is 388 g/mol. The zero-order valence-corrected chi connectivity index (χ0v) is 16.8. The standard InChI is InChI=1S/C24H24N2O3/c1-17-8-7-11-21(18(17)2)25-15-19-12-13-22(23(14-19)28-3)29-16-24(27)26-20-9-5-4-6-10-20/h4-15H,16H2,1-3H3,(H,26,27). The van der Waals surface area contributed by atoms with Gasteiger partial charge in [0.2, 0.25) is 0 Å². The van der Waals surface area contributed by atoms with Crippen molar-refractivity contribution in [2.75, 3.05) is 19.0 Å². The number of methoxy groups -OCH3 is 1. The topological polar surface area (TPSA) is 59.9 Å². The van der Waals surface area contributed by atoms with Crippen LogP contribution in [-0.2, 0) is 4.79 Å². The molecule has 3 rings (SSSR count). The van der Waals surface area contributed by atoms with Gasteiger partial charge in [0, 0.05) is 11.9 Å². The van der Waals surface area contributed by atoms with Crippen molar-refractivity contribution < 1.29 is 14.3 Å². The molecule has 29 heavy (non-hydrogen) atoms. The van der Waals surface area contributed by atoms with Crippen LogP contribution in [0.3, 0.4) is 0 Å². The number of hydrogen-bond acceptors (Lipinski definition) is 4. The number of anilines is 1. The number of nitrogens with one attached hydrogen (secondary N) is 1. The minimum atomic E-state index is -0.237. The lowest BCUT2D eigenvalue weighted by molar-refractivity contribution is -0.118. The number of carbonyl (C=O) groups is 1. The highest BCUT2D eigenvalue weighted by Crippen LogP contribution is 2.28. The van der Waals surface area contributed by atoms with Crippen molar-refractivity contribution in [3.63, 3.8) is 0 Å². The third-order valence-corrected chi connectivity index (χ3v) is 4.53. The van der Waals surface area contributed by atoms with Crippen molar-refractivity contribution in [2.24, 2.45) is 4.99 Å². The minimum absolute atomic E-state index is 0.110. The van der Waals surface area contributed by atoms with E-state index in [2.05, 4.69) is 30.2 Å². The Morgan fingerprint density at radius 3 is 2.55 bits per heavy atom. The third-order valence-electron chi connectivity index (χ3n) is 4.53. The summed E-state index contributed by atoms with van der Waals surface area (Å²) < 4.78 is 11.0. The Bertz CT molecular complexity index is 1010. The van der Waals surface area contributed by atoms with Crippen molar-refractivity contribution in [1.82, 2.24) is 0 Å². The summed E-state index contributed by atoms with van der Waals surface area (Å²) in [7, 11) is 1.57. The highest BCUT2D eigenvalue weighted by Gasteiger charge is 2.09. The van der Waals surface area contributed by atoms with Gasteiger partial charge in [-0.25, -0.2) is 0 Å². The molecule has 5 heteroatoms. The molecule has 0 radical (unpaired) electrons. The fraction of sp³-hybridized carbons (Fsp3) is 0.167. The number of carbonyl (C=O) groups excluding carboxylic acids is 1. The second kappa shape index (κ2) is 9.55. The lowest BCUT2D eigenvalue weighted by Gasteiger charge is -2.11. The van der Waals surface area contributed by atoms with E-state index in [-0.39, 0.29) is 12.5 Å². The van der Waals surface area contributed by atoms with Crippen LogP contribution in [0.1, 0.15) is 16.7 Å². The lowest BCUT2D eigenvalue weighted by Crippen LogP contribution is -2.20. The van der Waals surface area contributed by atoms with E-state index in [9.17, 15) is 4.79 Å². The van der Waals surface area contributed by atoms with Gasteiger partial charge in [0.05, 0.1) is 12.8 Å². The van der Waals surface area contributed by atoms with Crippen molar-refractivity contribution in [1.29, 1.82) is 0 Å². The second-order valence-corrected chi connectivity index (χ2v) is 6.59. The normalized spacial score (nSPS) is 10.7. The van der Waals surface area contributed by atoms with Crippen LogP contribution in [0.25, 0.3) is 0 Å². The van der Waals surface area contributed by atoms with Crippen molar-refractivity contribution >= 4 is 23.5 Å². The Morgan fingerprint density at radius 1 is 1.00 bits per heavy atom. The first-order valence-corrected chi connectivity index (χ1v) is 9.33. The summed E-state index contributed by atoms with van der Waals surface area (Å²) >= 11 is 0. The number of benzene rings is 3. The van der Waals surface area contributed by atoms with Crippen molar-refractivity contribution in [3.8, 4) is 11.5 Å². The van der Waals surface area contributed by atoms with E-state index < -0.39 is 0 Å². The summed E-state index contributed by atoms with van der Waals surface area (Å²) in [6.07, 6.45) is 1.79. The molecule has 0 heterocycles. The molecule has 0 saturated heterocycles. The average Bonchev–Trinajstić information content (AvgIpc) is 2.74. The average molecular weight is 388 g/mol. The first kappa shape index (κ1) is 20.1. The summed E-state index contributed by atoms with van der Waals surface area (Å²) in [5.74, 6) is 0.806. The maximum Gasteiger partial charge on any atom is 0.262 e. The van der Waals surface area contributed by atoms with Crippen LogP contribution >= 0.6 is 0 Å². The van der Waals surface area contributed by atoms with E-state index in [1.807, 2.05) is 54.6 Å². The summed E-state index contributed by atoms with van der Waals surface area (Å²) in [6.45, 7) is 4.01. The number of rotatable bonds is 7. The number of ether oxygens (including phenoxy) is 2. The van der Waals surface area contributed by atoms with Crippen LogP contribution in [0.4, 0.5) is 11.4 Å². The molecule has 0 aromatic heterocycles. The van der Waals surface area contributed by atoms with Crippen molar-refractivity contribution in [3.05, 3.63) is 83.4 Å². The molecule has 0 atom stereocenters. The van der Waals surface area contributed by atoms with Crippen LogP contribution in [0.5, 0.6) is 11.5 Å². The zero-order chi connectivity index (χ0) is 20.6. The Morgan fingerprint density at radius 2 is 1.79 bits per heavy atom. The second-order valence-electron chi connectivity index (χ2n) is 6.59. The molecule has 0 spiro atoms. The number of aryl methyl sites for hydroxylation is 1. The van der Waals surface area contributed by atoms with Gasteiger partial charge >= 0.3 is 0 Å². The number of hydrogen-bond donors (Lipinski definition) is 1. The first-order valence-electron chi connectivity index (χ1n) is 9.33. The Hall–Kier alpha value is -3.60. The van der Waals surface area contributed by atoms with E-state index in [0.717, 1.165) is 22.5 Å². The molecule has 0 bridgehead atoms. The first-order chi connectivity index (χ1) is 14.1. The highest BCUT2D eigenvalue weighted by atomic mass is 16.5. The Labute approximate surface area is 171 Å². The molecule has 0 fully saturated rings. The fourth-order valence-corrected chi connectivity index (χ4v) is 2.77. The molecule has 3 aromatic rings. The summed E-state index contributed by atoms with van der Waals surface area (Å²) in [4.78, 5) is 16.7. The molecule has 3 aromatic carbocycles. The lowest BCUT2D eigenvalue weighted by atomic mass is 10.1. The van der Waals surface area contributed by atoms with E-state index in [1.165, 1.54) is 5.56 Å². The summed E-state index contributed by atoms with van der Waals surface area (Å²) in [5.41, 5.74) is 4.90. The molecular weight excluding hydrogens is 364 g/mol. The Kier molecular flexibility index (Phi) is 6.63. The van der Waals surface area contributed by atoms with Crippen LogP contribution in [0, 0.1) is 13.8 Å². The molecule has 0 aliphatic carbocycles. The highest BCUT2D eigenvalue weighted by molar-refractivity contribution is 5.92. The smallest absolute Gasteiger partial charge is 0.262 e. The molecule has 0 unspecified atom stereocenters. The molecule has 1 N–H and O–H groups in total. The quantitative estimate of drug-likeness (QED) is 0.574. The largest absolute Gasteiger partial charge is 0.493 e. The molecule has 0 aliphatic rings. The van der Waals surface area contributed by atoms with Crippen LogP contribution in [0.2, 0.25) is 0 Å². The van der Waals surface area contributed by atoms with E-state index in [1.54, 1.807) is 19.4 Å². The molecule has 5 nitrogen and oxygen atoms in total. The maximum atomic E-state index is 12.1. The summed E-state index contributed by atoms with van der Waals surface area (Å²) in [6, 6.07) is 20.8. The van der Waals surface area contributed by atoms with Gasteiger partial charge in [0.25, 0.3) is 5.91 Å². The molecule has 0 saturated carbocycles. The Balaban J connectivity index is 1.66. The molecule has 1 amide bonds. The van der Waals surface area contributed by atoms with Gasteiger partial charge in [-0.15, -0.1) is 0 Å². The van der Waals surface area contributed by atoms with E-state index in [0.29, 0.717) is 11.5 Å². The van der Waals surface area contributed by atoms with Crippen LogP contribution in [-0.4, -0.2) is 25.8 Å². The SMILES string of the molecule is COc1cc(C=Nc2cccc(C)c2C)ccc1OCC(=O)Nc1ccccc1. The van der Waals surface area contributed by atoms with Gasteiger partial charge in [-0.3, -0.25) is 9.79 Å². The predicted octanol–water partition coefficient (Wildman–Crippen LogP) is 5.08. The fourth-order valence-electron chi connectivity index (χ4n) is 2.77. The van der Waals surface area contributed by atoms with Gasteiger partial charge in [0.15, 0.2) is 18.1 Å². The van der Waals surface area contributed by atoms with Gasteiger partial charge in [-0.1, -0.05) is 30.3 Å². The minimum Gasteiger partial charge on any atom is -0.493 e. The van der Waals surface area contributed by atoms with Gasteiger partial charge in [0.1, 0.15) is 0 Å². The zero-order valence-electron chi connectivity index (χ0n) is 16.8. The molecule has 0 aliphatic heterocycles. The number of para-hydroxylation sites is 1. The third kappa shape index (κ3) is 5.45. The molecule has 148 valence electrons. The number of nitrogens with zero attached hydrogens (tertiary/aromatic N) is 1. The van der Waals surface area contributed by atoms with E-state index >= 15 is 0 Å². The predicted molar refractivity (Wildman–Crippen MR) is 117 cm³/mol. The van der Waals surface area contributed by atoms with Crippen molar-refractivity contribution in [2.45, 2.75) is 13.8 Å². The van der Waals surface area contributed by atoms with Gasteiger partial charge in [-0.05, 0) is 66.9 Å². The number of amides is 1. The number of aliphatic imine (C=N–C) groups is 1. The summed E-state index contributed by atoms with van der Waals surface area (Å²) in [5, 5.41) is 2.78. The van der Waals surface area contributed by atoms with Gasteiger partial charge in [-0.2, -0.15) is 0 Å². The van der Waals surface area contributed by atoms with Crippen LogP contribution < -0.4 is 14.8 Å². The van der Waals surface area contributed by atoms with E-state index in [4.69, 9.17) is 9.47 Å². The maximum absolute atomic E-state index is 12.1. The van der Waals surface area contributed by atoms with Crippen LogP contribution in [0.15, 0.2) is 71.7 Å². The van der Waals surface area contributed by atoms with Gasteiger partial charge < -0.3 is 14.8 Å².